The average Bonchev–Trinajstić information content (AvgIpc) is 2.08. The monoisotopic (exact) mass is 276 g/mol. The number of benzene rings is 1. The topological polar surface area (TPSA) is 54.4 Å². The molecule has 0 saturated heterocycles. The third kappa shape index (κ3) is 3.61. The standard InChI is InChI=1S/C12H17ClO3S/c1-8-5-6-10(12(2,3)4)11(14)9(8)7-17(13,15)16/h5-6,14H,7H2,1-4H3. The molecule has 1 N–H and O–H groups in total. The first kappa shape index (κ1) is 14.3. The number of aromatic hydroxyl groups is 1. The quantitative estimate of drug-likeness (QED) is 0.845. The molecule has 0 unspecified atom stereocenters. The van der Waals surface area contributed by atoms with Crippen molar-refractivity contribution in [2.24, 2.45) is 0 Å². The van der Waals surface area contributed by atoms with E-state index in [1.165, 1.54) is 0 Å². The van der Waals surface area contributed by atoms with Crippen LogP contribution in [0.25, 0.3) is 0 Å². The molecule has 0 saturated carbocycles. The molecule has 0 amide bonds. The van der Waals surface area contributed by atoms with Crippen LogP contribution < -0.4 is 0 Å². The molecule has 0 bridgehead atoms. The van der Waals surface area contributed by atoms with Crippen LogP contribution in [0.5, 0.6) is 5.75 Å². The predicted molar refractivity (Wildman–Crippen MR) is 70.0 cm³/mol. The first-order valence-corrected chi connectivity index (χ1v) is 7.74. The van der Waals surface area contributed by atoms with Crippen molar-refractivity contribution in [2.45, 2.75) is 38.9 Å². The minimum absolute atomic E-state index is 0.0294. The Kier molecular flexibility index (Phi) is 3.79. The minimum Gasteiger partial charge on any atom is -0.507 e. The number of rotatable bonds is 2. The molecule has 1 aromatic carbocycles. The van der Waals surface area contributed by atoms with Crippen LogP contribution in [0.2, 0.25) is 0 Å². The van der Waals surface area contributed by atoms with E-state index in [9.17, 15) is 13.5 Å². The maximum absolute atomic E-state index is 11.1. The molecule has 0 aliphatic heterocycles. The van der Waals surface area contributed by atoms with E-state index in [0.29, 0.717) is 5.56 Å². The van der Waals surface area contributed by atoms with Gasteiger partial charge in [0, 0.05) is 16.2 Å². The lowest BCUT2D eigenvalue weighted by Gasteiger charge is -2.22. The fourth-order valence-corrected chi connectivity index (χ4v) is 2.73. The zero-order chi connectivity index (χ0) is 13.4. The van der Waals surface area contributed by atoms with Gasteiger partial charge in [-0.2, -0.15) is 0 Å². The Balaban J connectivity index is 3.41. The van der Waals surface area contributed by atoms with Gasteiger partial charge < -0.3 is 5.11 Å². The number of halogens is 1. The van der Waals surface area contributed by atoms with Gasteiger partial charge in [0.05, 0.1) is 5.75 Å². The average molecular weight is 277 g/mol. The first-order valence-electron chi connectivity index (χ1n) is 5.26. The van der Waals surface area contributed by atoms with Crippen molar-refractivity contribution < 1.29 is 13.5 Å². The van der Waals surface area contributed by atoms with E-state index < -0.39 is 9.05 Å². The zero-order valence-corrected chi connectivity index (χ0v) is 12.0. The van der Waals surface area contributed by atoms with E-state index in [4.69, 9.17) is 10.7 Å². The van der Waals surface area contributed by atoms with Crippen LogP contribution in [0.1, 0.15) is 37.5 Å². The Bertz CT molecular complexity index is 527. The number of aryl methyl sites for hydroxylation is 1. The minimum atomic E-state index is -3.67. The van der Waals surface area contributed by atoms with Gasteiger partial charge in [-0.1, -0.05) is 32.9 Å². The molecule has 1 aromatic rings. The number of hydrogen-bond acceptors (Lipinski definition) is 3. The van der Waals surface area contributed by atoms with Crippen LogP contribution in [-0.2, 0) is 20.2 Å². The molecule has 0 aromatic heterocycles. The van der Waals surface area contributed by atoms with Gasteiger partial charge in [0.25, 0.3) is 0 Å². The second-order valence-electron chi connectivity index (χ2n) is 5.19. The molecule has 1 rings (SSSR count). The summed E-state index contributed by atoms with van der Waals surface area (Å²) in [4.78, 5) is 0. The van der Waals surface area contributed by atoms with Crippen LogP contribution in [0.15, 0.2) is 12.1 Å². The van der Waals surface area contributed by atoms with E-state index in [0.717, 1.165) is 11.1 Å². The summed E-state index contributed by atoms with van der Waals surface area (Å²) in [6, 6.07) is 3.62. The highest BCUT2D eigenvalue weighted by Gasteiger charge is 2.23. The second-order valence-corrected chi connectivity index (χ2v) is 7.97. The Morgan fingerprint density at radius 1 is 1.29 bits per heavy atom. The molecule has 0 heterocycles. The predicted octanol–water partition coefficient (Wildman–Crippen LogP) is 3.07. The summed E-state index contributed by atoms with van der Waals surface area (Å²) >= 11 is 0. The Morgan fingerprint density at radius 2 is 1.82 bits per heavy atom. The van der Waals surface area contributed by atoms with E-state index in [2.05, 4.69) is 0 Å². The second kappa shape index (κ2) is 4.50. The molecular weight excluding hydrogens is 260 g/mol. The fraction of sp³-hybridized carbons (Fsp3) is 0.500. The van der Waals surface area contributed by atoms with Crippen LogP contribution in [-0.4, -0.2) is 13.5 Å². The first-order chi connectivity index (χ1) is 7.52. The van der Waals surface area contributed by atoms with E-state index in [1.54, 1.807) is 13.0 Å². The van der Waals surface area contributed by atoms with Crippen molar-refractivity contribution in [3.63, 3.8) is 0 Å². The van der Waals surface area contributed by atoms with Crippen molar-refractivity contribution >= 4 is 19.7 Å². The lowest BCUT2D eigenvalue weighted by atomic mass is 9.84. The summed E-state index contributed by atoms with van der Waals surface area (Å²) < 4.78 is 22.2. The highest BCUT2D eigenvalue weighted by atomic mass is 35.7. The van der Waals surface area contributed by atoms with E-state index >= 15 is 0 Å². The lowest BCUT2D eigenvalue weighted by molar-refractivity contribution is 0.441. The Labute approximate surface area is 107 Å². The summed E-state index contributed by atoms with van der Waals surface area (Å²) in [6.07, 6.45) is 0. The molecular formula is C12H17ClO3S. The third-order valence-electron chi connectivity index (χ3n) is 2.64. The van der Waals surface area contributed by atoms with Crippen LogP contribution in [0.4, 0.5) is 0 Å². The largest absolute Gasteiger partial charge is 0.507 e. The summed E-state index contributed by atoms with van der Waals surface area (Å²) in [5.41, 5.74) is 1.58. The van der Waals surface area contributed by atoms with Crippen molar-refractivity contribution in [3.05, 3.63) is 28.8 Å². The van der Waals surface area contributed by atoms with E-state index in [1.807, 2.05) is 26.8 Å². The highest BCUT2D eigenvalue weighted by molar-refractivity contribution is 8.13. The van der Waals surface area contributed by atoms with E-state index in [-0.39, 0.29) is 16.9 Å². The summed E-state index contributed by atoms with van der Waals surface area (Å²) in [5.74, 6) is -0.322. The van der Waals surface area contributed by atoms with Crippen LogP contribution in [0.3, 0.4) is 0 Å². The van der Waals surface area contributed by atoms with Gasteiger partial charge >= 0.3 is 0 Å². The summed E-state index contributed by atoms with van der Waals surface area (Å²) in [7, 11) is 1.57. The zero-order valence-electron chi connectivity index (χ0n) is 10.4. The molecule has 0 radical (unpaired) electrons. The summed E-state index contributed by atoms with van der Waals surface area (Å²) in [6.45, 7) is 7.62. The van der Waals surface area contributed by atoms with Crippen molar-refractivity contribution in [2.75, 3.05) is 0 Å². The molecule has 0 atom stereocenters. The lowest BCUT2D eigenvalue weighted by Crippen LogP contribution is -2.13. The Morgan fingerprint density at radius 3 is 2.24 bits per heavy atom. The molecule has 96 valence electrons. The molecule has 0 aliphatic carbocycles. The summed E-state index contributed by atoms with van der Waals surface area (Å²) in [5, 5.41) is 10.1. The number of hydrogen-bond donors (Lipinski definition) is 1. The van der Waals surface area contributed by atoms with Crippen LogP contribution >= 0.6 is 10.7 Å². The van der Waals surface area contributed by atoms with Crippen LogP contribution in [0, 0.1) is 6.92 Å². The SMILES string of the molecule is Cc1ccc(C(C)(C)C)c(O)c1CS(=O)(=O)Cl. The molecule has 5 heteroatoms. The third-order valence-corrected chi connectivity index (χ3v) is 3.60. The normalized spacial score (nSPS) is 12.8. The van der Waals surface area contributed by atoms with Gasteiger partial charge in [-0.05, 0) is 23.5 Å². The maximum atomic E-state index is 11.1. The smallest absolute Gasteiger partial charge is 0.236 e. The van der Waals surface area contributed by atoms with Gasteiger partial charge in [0.2, 0.25) is 9.05 Å². The van der Waals surface area contributed by atoms with Gasteiger partial charge in [-0.3, -0.25) is 0 Å². The van der Waals surface area contributed by atoms with Crippen molar-refractivity contribution in [3.8, 4) is 5.75 Å². The Hall–Kier alpha value is -0.740. The molecule has 3 nitrogen and oxygen atoms in total. The van der Waals surface area contributed by atoms with Crippen molar-refractivity contribution in [1.29, 1.82) is 0 Å². The maximum Gasteiger partial charge on any atom is 0.236 e. The molecule has 0 spiro atoms. The molecule has 0 fully saturated rings. The molecule has 17 heavy (non-hydrogen) atoms. The fourth-order valence-electron chi connectivity index (χ4n) is 1.70. The van der Waals surface area contributed by atoms with Gasteiger partial charge in [-0.25, -0.2) is 8.42 Å². The van der Waals surface area contributed by atoms with Crippen molar-refractivity contribution in [1.82, 2.24) is 0 Å². The number of phenols is 1. The number of phenolic OH excluding ortho intramolecular Hbond substituents is 1. The van der Waals surface area contributed by atoms with Gasteiger partial charge in [0.1, 0.15) is 5.75 Å². The van der Waals surface area contributed by atoms with Gasteiger partial charge in [-0.15, -0.1) is 0 Å². The molecule has 0 aliphatic rings. The van der Waals surface area contributed by atoms with Gasteiger partial charge in [0.15, 0.2) is 0 Å². The highest BCUT2D eigenvalue weighted by Crippen LogP contribution is 2.35.